The number of carbonyl (C=O) groups is 2. The first-order valence-electron chi connectivity index (χ1n) is 12.9. The number of hydrogen-bond donors (Lipinski definition) is 2. The maximum absolute atomic E-state index is 11.8. The zero-order chi connectivity index (χ0) is 26.6. The Morgan fingerprint density at radius 1 is 1.05 bits per heavy atom. The Bertz CT molecular complexity index is 1560. The number of rotatable bonds is 7. The lowest BCUT2D eigenvalue weighted by atomic mass is 9.97. The number of anilines is 1. The number of nitrogens with zero attached hydrogens (tertiary/aromatic N) is 5. The molecule has 10 heteroatoms. The summed E-state index contributed by atoms with van der Waals surface area (Å²) in [6.45, 7) is 3.47. The van der Waals surface area contributed by atoms with Gasteiger partial charge >= 0.3 is 0 Å². The molecule has 0 unspecified atom stereocenters. The van der Waals surface area contributed by atoms with Gasteiger partial charge in [-0.25, -0.2) is 9.97 Å². The predicted molar refractivity (Wildman–Crippen MR) is 153 cm³/mol. The first-order chi connectivity index (χ1) is 19.1. The van der Waals surface area contributed by atoms with Crippen molar-refractivity contribution >= 4 is 45.7 Å². The van der Waals surface area contributed by atoms with E-state index in [0.29, 0.717) is 22.5 Å². The summed E-state index contributed by atoms with van der Waals surface area (Å²) in [7, 11) is 0. The molecule has 2 aliphatic heterocycles. The van der Waals surface area contributed by atoms with Crippen molar-refractivity contribution in [2.75, 3.05) is 24.5 Å². The molecule has 0 atom stereocenters. The summed E-state index contributed by atoms with van der Waals surface area (Å²) in [4.78, 5) is 43.7. The molecule has 196 valence electrons. The first kappa shape index (κ1) is 25.1. The second-order valence-corrected chi connectivity index (χ2v) is 10.7. The molecular formula is C29H27N7O2S. The highest BCUT2D eigenvalue weighted by Crippen LogP contribution is 2.28. The molecule has 2 aliphatic rings. The van der Waals surface area contributed by atoms with Crippen LogP contribution in [0.1, 0.15) is 24.1 Å². The Morgan fingerprint density at radius 2 is 1.92 bits per heavy atom. The molecule has 0 radical (unpaired) electrons. The van der Waals surface area contributed by atoms with Crippen molar-refractivity contribution in [1.29, 1.82) is 0 Å². The van der Waals surface area contributed by atoms with Crippen LogP contribution in [0, 0.1) is 5.92 Å². The van der Waals surface area contributed by atoms with Gasteiger partial charge in [0.1, 0.15) is 0 Å². The smallest absolute Gasteiger partial charge is 0.290 e. The Kier molecular flexibility index (Phi) is 7.29. The molecule has 1 aromatic carbocycles. The van der Waals surface area contributed by atoms with Gasteiger partial charge in [-0.05, 0) is 78.4 Å². The van der Waals surface area contributed by atoms with E-state index in [1.54, 1.807) is 18.3 Å². The number of imide groups is 1. The van der Waals surface area contributed by atoms with Crippen LogP contribution in [0.25, 0.3) is 28.1 Å². The number of fused-ring (bicyclic) bond motifs is 1. The monoisotopic (exact) mass is 537 g/mol. The second kappa shape index (κ2) is 11.3. The number of hydrogen-bond acceptors (Lipinski definition) is 9. The molecule has 3 aromatic heterocycles. The topological polar surface area (TPSA) is 113 Å². The number of aromatic nitrogens is 4. The lowest BCUT2D eigenvalue weighted by Gasteiger charge is -2.32. The fourth-order valence-corrected chi connectivity index (χ4v) is 5.65. The predicted octanol–water partition coefficient (Wildman–Crippen LogP) is 4.42. The van der Waals surface area contributed by atoms with E-state index in [-0.39, 0.29) is 11.1 Å². The average Bonchev–Trinajstić information content (AvgIpc) is 3.29. The highest BCUT2D eigenvalue weighted by atomic mass is 32.2. The SMILES string of the molecule is O=C1NC(=O)/C(=C/c2ccnc(N3CCC(CNCc4ccnc(-c5cccc6cnccc56)c4)CC3)n2)S1. The van der Waals surface area contributed by atoms with E-state index in [1.165, 1.54) is 5.56 Å². The fourth-order valence-electron chi connectivity index (χ4n) is 4.99. The number of thioether (sulfide) groups is 1. The quantitative estimate of drug-likeness (QED) is 0.331. The third kappa shape index (κ3) is 5.81. The molecule has 9 nitrogen and oxygen atoms in total. The second-order valence-electron chi connectivity index (χ2n) is 9.65. The minimum absolute atomic E-state index is 0.352. The van der Waals surface area contributed by atoms with Crippen molar-refractivity contribution in [2.24, 2.45) is 5.92 Å². The van der Waals surface area contributed by atoms with E-state index in [1.807, 2.05) is 30.7 Å². The highest BCUT2D eigenvalue weighted by molar-refractivity contribution is 8.18. The Balaban J connectivity index is 1.02. The summed E-state index contributed by atoms with van der Waals surface area (Å²) >= 11 is 0.891. The number of piperidine rings is 1. The molecule has 0 aliphatic carbocycles. The van der Waals surface area contributed by atoms with E-state index < -0.39 is 0 Å². The Hall–Kier alpha value is -4.15. The number of carbonyl (C=O) groups excluding carboxylic acids is 2. The number of benzene rings is 1. The van der Waals surface area contributed by atoms with Gasteiger partial charge in [-0.2, -0.15) is 0 Å². The largest absolute Gasteiger partial charge is 0.341 e. The molecule has 0 saturated carbocycles. The highest BCUT2D eigenvalue weighted by Gasteiger charge is 2.25. The Labute approximate surface area is 230 Å². The van der Waals surface area contributed by atoms with Crippen molar-refractivity contribution in [2.45, 2.75) is 19.4 Å². The maximum atomic E-state index is 11.8. The molecule has 0 spiro atoms. The lowest BCUT2D eigenvalue weighted by molar-refractivity contribution is -0.115. The van der Waals surface area contributed by atoms with Gasteiger partial charge in [-0.15, -0.1) is 0 Å². The first-order valence-corrected chi connectivity index (χ1v) is 13.8. The molecule has 2 saturated heterocycles. The van der Waals surface area contributed by atoms with Gasteiger partial charge in [-0.1, -0.05) is 18.2 Å². The molecule has 5 heterocycles. The van der Waals surface area contributed by atoms with Gasteiger partial charge in [0.25, 0.3) is 11.1 Å². The van der Waals surface area contributed by atoms with E-state index in [9.17, 15) is 9.59 Å². The Morgan fingerprint density at radius 3 is 2.77 bits per heavy atom. The van der Waals surface area contributed by atoms with Crippen LogP contribution in [0.15, 0.2) is 72.2 Å². The summed E-state index contributed by atoms with van der Waals surface area (Å²) in [5, 5.41) is 7.81. The van der Waals surface area contributed by atoms with Crippen LogP contribution in [0.3, 0.4) is 0 Å². The van der Waals surface area contributed by atoms with Crippen LogP contribution in [-0.2, 0) is 11.3 Å². The normalized spacial score (nSPS) is 17.2. The summed E-state index contributed by atoms with van der Waals surface area (Å²) in [6.07, 6.45) is 11.0. The third-order valence-corrected chi connectivity index (χ3v) is 7.84. The molecule has 2 N–H and O–H groups in total. The standard InChI is InChI=1S/C29H27N7O2S/c37-27-26(39-29(38)35-27)15-22-5-11-33-28(34-22)36-12-7-19(8-13-36)16-31-17-20-4-10-32-25(14-20)24-3-1-2-21-18-30-9-6-23(21)24/h1-6,9-11,14-15,18-19,31H,7-8,12-13,16-17H2,(H,35,37,38)/b26-15-. The summed E-state index contributed by atoms with van der Waals surface area (Å²) < 4.78 is 0. The molecule has 4 aromatic rings. The van der Waals surface area contributed by atoms with Crippen LogP contribution >= 0.6 is 11.8 Å². The zero-order valence-electron chi connectivity index (χ0n) is 21.2. The average molecular weight is 538 g/mol. The minimum atomic E-state index is -0.382. The molecule has 6 rings (SSSR count). The third-order valence-electron chi connectivity index (χ3n) is 7.03. The van der Waals surface area contributed by atoms with E-state index in [2.05, 4.69) is 59.7 Å². The van der Waals surface area contributed by atoms with Gasteiger partial charge < -0.3 is 10.2 Å². The summed E-state index contributed by atoms with van der Waals surface area (Å²) in [6, 6.07) is 14.2. The van der Waals surface area contributed by atoms with Gasteiger partial charge in [0.15, 0.2) is 0 Å². The molecule has 39 heavy (non-hydrogen) atoms. The zero-order valence-corrected chi connectivity index (χ0v) is 22.0. The van der Waals surface area contributed by atoms with Crippen molar-refractivity contribution in [1.82, 2.24) is 30.6 Å². The maximum Gasteiger partial charge on any atom is 0.290 e. The minimum Gasteiger partial charge on any atom is -0.341 e. The number of amides is 2. The van der Waals surface area contributed by atoms with Crippen LogP contribution in [0.5, 0.6) is 0 Å². The van der Waals surface area contributed by atoms with Crippen molar-refractivity contribution in [3.63, 3.8) is 0 Å². The van der Waals surface area contributed by atoms with Crippen LogP contribution in [0.2, 0.25) is 0 Å². The fraction of sp³-hybridized carbons (Fsp3) is 0.241. The van der Waals surface area contributed by atoms with Crippen molar-refractivity contribution < 1.29 is 9.59 Å². The van der Waals surface area contributed by atoms with E-state index in [4.69, 9.17) is 0 Å². The van der Waals surface area contributed by atoms with E-state index in [0.717, 1.165) is 72.8 Å². The van der Waals surface area contributed by atoms with Crippen LogP contribution < -0.4 is 15.5 Å². The van der Waals surface area contributed by atoms with E-state index >= 15 is 0 Å². The van der Waals surface area contributed by atoms with Gasteiger partial charge in [-0.3, -0.25) is 24.9 Å². The van der Waals surface area contributed by atoms with Crippen LogP contribution in [0.4, 0.5) is 10.7 Å². The van der Waals surface area contributed by atoms with Crippen molar-refractivity contribution in [3.05, 3.63) is 83.4 Å². The summed E-state index contributed by atoms with van der Waals surface area (Å²) in [5.74, 6) is 0.842. The molecular weight excluding hydrogens is 510 g/mol. The number of nitrogens with one attached hydrogen (secondary N) is 2. The molecule has 0 bridgehead atoms. The molecule has 2 amide bonds. The number of pyridine rings is 2. The van der Waals surface area contributed by atoms with Crippen LogP contribution in [-0.4, -0.2) is 50.7 Å². The van der Waals surface area contributed by atoms with Crippen molar-refractivity contribution in [3.8, 4) is 11.3 Å². The van der Waals surface area contributed by atoms with Gasteiger partial charge in [0, 0.05) is 55.4 Å². The lowest BCUT2D eigenvalue weighted by Crippen LogP contribution is -2.38. The van der Waals surface area contributed by atoms with Gasteiger partial charge in [0.05, 0.1) is 16.3 Å². The molecule has 2 fully saturated rings. The van der Waals surface area contributed by atoms with Gasteiger partial charge in [0.2, 0.25) is 5.95 Å². The summed E-state index contributed by atoms with van der Waals surface area (Å²) in [5.41, 5.74) is 3.91.